The highest BCUT2D eigenvalue weighted by atomic mass is 16.2. The second-order valence-electron chi connectivity index (χ2n) is 3.57. The monoisotopic (exact) mass is 200 g/mol. The zero-order valence-corrected chi connectivity index (χ0v) is 8.19. The number of hydrogen-bond acceptors (Lipinski definition) is 4. The number of hydrogen-bond donors (Lipinski definition) is 3. The number of amides is 2. The summed E-state index contributed by atoms with van der Waals surface area (Å²) in [7, 11) is 0. The summed E-state index contributed by atoms with van der Waals surface area (Å²) in [6.07, 6.45) is 1.07. The van der Waals surface area contributed by atoms with Gasteiger partial charge in [-0.05, 0) is 13.3 Å². The van der Waals surface area contributed by atoms with E-state index in [2.05, 4.69) is 5.43 Å². The molecule has 2 unspecified atom stereocenters. The van der Waals surface area contributed by atoms with Crippen molar-refractivity contribution in [2.45, 2.75) is 31.8 Å². The summed E-state index contributed by atoms with van der Waals surface area (Å²) in [5, 5.41) is 0. The normalized spacial score (nSPS) is 23.7. The smallest absolute Gasteiger partial charge is 0.235 e. The number of carbonyl (C=O) groups excluding carboxylic acids is 2. The summed E-state index contributed by atoms with van der Waals surface area (Å²) in [5.74, 6) is 4.41. The van der Waals surface area contributed by atoms with E-state index in [-0.39, 0.29) is 23.9 Å². The first-order chi connectivity index (χ1) is 6.56. The second kappa shape index (κ2) is 4.39. The van der Waals surface area contributed by atoms with Crippen LogP contribution in [-0.2, 0) is 9.59 Å². The van der Waals surface area contributed by atoms with Crippen LogP contribution in [0.5, 0.6) is 0 Å². The molecule has 1 heterocycles. The molecule has 0 aromatic rings. The third-order valence-corrected chi connectivity index (χ3v) is 2.60. The molecule has 2 atom stereocenters. The van der Waals surface area contributed by atoms with Crippen LogP contribution in [0.1, 0.15) is 19.8 Å². The van der Waals surface area contributed by atoms with Crippen LogP contribution >= 0.6 is 0 Å². The Morgan fingerprint density at radius 3 is 2.64 bits per heavy atom. The molecule has 0 aromatic carbocycles. The maximum absolute atomic E-state index is 11.0. The topological polar surface area (TPSA) is 101 Å². The Balaban J connectivity index is 2.41. The van der Waals surface area contributed by atoms with Crippen molar-refractivity contribution in [2.24, 2.45) is 11.6 Å². The quantitative estimate of drug-likeness (QED) is 0.286. The van der Waals surface area contributed by atoms with Crippen molar-refractivity contribution in [3.63, 3.8) is 0 Å². The highest BCUT2D eigenvalue weighted by molar-refractivity contribution is 5.81. The fourth-order valence-corrected chi connectivity index (χ4v) is 1.69. The van der Waals surface area contributed by atoms with Crippen LogP contribution in [0.2, 0.25) is 0 Å². The SMILES string of the molecule is CC(CC(=O)NN)N1CCC1C(N)=O. The van der Waals surface area contributed by atoms with Crippen LogP contribution in [0.25, 0.3) is 0 Å². The predicted octanol–water partition coefficient (Wildman–Crippen LogP) is -1.69. The van der Waals surface area contributed by atoms with Gasteiger partial charge in [-0.2, -0.15) is 0 Å². The van der Waals surface area contributed by atoms with Crippen LogP contribution in [0.4, 0.5) is 0 Å². The Kier molecular flexibility index (Phi) is 3.43. The zero-order chi connectivity index (χ0) is 10.7. The van der Waals surface area contributed by atoms with E-state index >= 15 is 0 Å². The van der Waals surface area contributed by atoms with Crippen LogP contribution in [-0.4, -0.2) is 35.3 Å². The van der Waals surface area contributed by atoms with Gasteiger partial charge in [-0.25, -0.2) is 5.84 Å². The molecule has 0 radical (unpaired) electrons. The van der Waals surface area contributed by atoms with Gasteiger partial charge in [-0.1, -0.05) is 0 Å². The summed E-state index contributed by atoms with van der Waals surface area (Å²) < 4.78 is 0. The first-order valence-electron chi connectivity index (χ1n) is 4.60. The van der Waals surface area contributed by atoms with Crippen molar-refractivity contribution >= 4 is 11.8 Å². The number of likely N-dealkylation sites (tertiary alicyclic amines) is 1. The lowest BCUT2D eigenvalue weighted by molar-refractivity contribution is -0.132. The number of primary amides is 1. The van der Waals surface area contributed by atoms with Gasteiger partial charge in [0.25, 0.3) is 0 Å². The number of rotatable bonds is 4. The molecule has 14 heavy (non-hydrogen) atoms. The van der Waals surface area contributed by atoms with Crippen LogP contribution in [0.3, 0.4) is 0 Å². The number of hydrazine groups is 1. The molecule has 0 aliphatic carbocycles. The Bertz CT molecular complexity index is 243. The molecule has 1 saturated heterocycles. The molecule has 0 saturated carbocycles. The van der Waals surface area contributed by atoms with Gasteiger partial charge in [0.05, 0.1) is 6.04 Å². The summed E-state index contributed by atoms with van der Waals surface area (Å²) in [6.45, 7) is 2.69. The molecule has 1 fully saturated rings. The van der Waals surface area contributed by atoms with Gasteiger partial charge in [0, 0.05) is 19.0 Å². The van der Waals surface area contributed by atoms with E-state index in [0.29, 0.717) is 6.42 Å². The fraction of sp³-hybridized carbons (Fsp3) is 0.750. The Labute approximate surface area is 82.6 Å². The number of carbonyl (C=O) groups is 2. The molecule has 1 aliphatic rings. The maximum atomic E-state index is 11.0. The lowest BCUT2D eigenvalue weighted by atomic mass is 9.98. The zero-order valence-electron chi connectivity index (χ0n) is 8.19. The minimum atomic E-state index is -0.323. The standard InChI is InChI=1S/C8H16N4O2/c1-5(4-7(13)11-10)12-3-2-6(12)8(9)14/h5-6H,2-4,10H2,1H3,(H2,9,14)(H,11,13). The fourth-order valence-electron chi connectivity index (χ4n) is 1.69. The van der Waals surface area contributed by atoms with Crippen LogP contribution in [0, 0.1) is 0 Å². The van der Waals surface area contributed by atoms with Crippen molar-refractivity contribution in [1.82, 2.24) is 10.3 Å². The van der Waals surface area contributed by atoms with Gasteiger partial charge in [0.15, 0.2) is 0 Å². The lowest BCUT2D eigenvalue weighted by Crippen LogP contribution is -2.58. The first-order valence-corrected chi connectivity index (χ1v) is 4.60. The second-order valence-corrected chi connectivity index (χ2v) is 3.57. The van der Waals surface area contributed by atoms with E-state index in [1.807, 2.05) is 11.8 Å². The molecule has 0 spiro atoms. The van der Waals surface area contributed by atoms with Gasteiger partial charge in [-0.3, -0.25) is 19.9 Å². The molecule has 5 N–H and O–H groups in total. The molecule has 2 amide bonds. The van der Waals surface area contributed by atoms with Crippen LogP contribution < -0.4 is 17.0 Å². The highest BCUT2D eigenvalue weighted by Crippen LogP contribution is 2.21. The van der Waals surface area contributed by atoms with Gasteiger partial charge < -0.3 is 5.73 Å². The van der Waals surface area contributed by atoms with E-state index < -0.39 is 0 Å². The number of nitrogens with one attached hydrogen (secondary N) is 1. The molecule has 80 valence electrons. The summed E-state index contributed by atoms with van der Waals surface area (Å²) in [4.78, 5) is 23.8. The van der Waals surface area contributed by atoms with Crippen molar-refractivity contribution in [3.05, 3.63) is 0 Å². The summed E-state index contributed by atoms with van der Waals surface area (Å²) in [6, 6.07) is -0.208. The summed E-state index contributed by atoms with van der Waals surface area (Å²) in [5.41, 5.74) is 7.24. The lowest BCUT2D eigenvalue weighted by Gasteiger charge is -2.42. The molecule has 1 rings (SSSR count). The third kappa shape index (κ3) is 2.21. The molecular weight excluding hydrogens is 184 g/mol. The van der Waals surface area contributed by atoms with E-state index in [0.717, 1.165) is 13.0 Å². The minimum absolute atomic E-state index is 0.00444. The number of nitrogens with two attached hydrogens (primary N) is 2. The Morgan fingerprint density at radius 2 is 2.29 bits per heavy atom. The van der Waals surface area contributed by atoms with Gasteiger partial charge in [0.1, 0.15) is 0 Å². The molecule has 6 heteroatoms. The van der Waals surface area contributed by atoms with E-state index in [1.165, 1.54) is 0 Å². The predicted molar refractivity (Wildman–Crippen MR) is 50.7 cm³/mol. The Morgan fingerprint density at radius 1 is 1.64 bits per heavy atom. The molecule has 0 aromatic heterocycles. The van der Waals surface area contributed by atoms with Crippen molar-refractivity contribution in [1.29, 1.82) is 0 Å². The minimum Gasteiger partial charge on any atom is -0.368 e. The molecular formula is C8H16N4O2. The Hall–Kier alpha value is -1.14. The van der Waals surface area contributed by atoms with E-state index in [1.54, 1.807) is 0 Å². The highest BCUT2D eigenvalue weighted by Gasteiger charge is 2.36. The van der Waals surface area contributed by atoms with Crippen molar-refractivity contribution in [3.8, 4) is 0 Å². The average molecular weight is 200 g/mol. The van der Waals surface area contributed by atoms with Crippen LogP contribution in [0.15, 0.2) is 0 Å². The van der Waals surface area contributed by atoms with Crippen molar-refractivity contribution in [2.75, 3.05) is 6.54 Å². The summed E-state index contributed by atoms with van der Waals surface area (Å²) >= 11 is 0. The molecule has 1 aliphatic heterocycles. The van der Waals surface area contributed by atoms with Crippen molar-refractivity contribution < 1.29 is 9.59 Å². The first kappa shape index (κ1) is 10.9. The van der Waals surface area contributed by atoms with E-state index in [4.69, 9.17) is 11.6 Å². The van der Waals surface area contributed by atoms with Gasteiger partial charge in [0.2, 0.25) is 11.8 Å². The molecule has 6 nitrogen and oxygen atoms in total. The largest absolute Gasteiger partial charge is 0.368 e. The maximum Gasteiger partial charge on any atom is 0.235 e. The molecule has 0 bridgehead atoms. The van der Waals surface area contributed by atoms with Gasteiger partial charge in [-0.15, -0.1) is 0 Å². The number of nitrogens with zero attached hydrogens (tertiary/aromatic N) is 1. The average Bonchev–Trinajstić information content (AvgIpc) is 2.00. The van der Waals surface area contributed by atoms with Gasteiger partial charge >= 0.3 is 0 Å². The van der Waals surface area contributed by atoms with E-state index in [9.17, 15) is 9.59 Å². The third-order valence-electron chi connectivity index (χ3n) is 2.60.